The van der Waals surface area contributed by atoms with E-state index in [0.717, 1.165) is 0 Å². The lowest BCUT2D eigenvalue weighted by Gasteiger charge is -2.10. The Labute approximate surface area is 121 Å². The van der Waals surface area contributed by atoms with Crippen LogP contribution in [0.25, 0.3) is 0 Å². The summed E-state index contributed by atoms with van der Waals surface area (Å²) < 4.78 is 18.2. The molecule has 0 unspecified atom stereocenters. The zero-order chi connectivity index (χ0) is 14.7. The molecule has 0 aliphatic carbocycles. The van der Waals surface area contributed by atoms with E-state index >= 15 is 0 Å². The van der Waals surface area contributed by atoms with Gasteiger partial charge in [-0.1, -0.05) is 17.7 Å². The molecule has 1 N–H and O–H groups in total. The quantitative estimate of drug-likeness (QED) is 0.927. The molecule has 0 aliphatic heterocycles. The molecular formula is C15H13ClFNO2. The number of rotatable bonds is 3. The van der Waals surface area contributed by atoms with E-state index in [1.165, 1.54) is 19.2 Å². The number of carbonyl (C=O) groups is 1. The van der Waals surface area contributed by atoms with Crippen molar-refractivity contribution < 1.29 is 13.9 Å². The van der Waals surface area contributed by atoms with Gasteiger partial charge in [0.15, 0.2) is 0 Å². The standard InChI is InChI=1S/C15H13ClFNO2/c1-9-3-4-10(17)7-12(9)15(19)18-14-6-5-11(20-2)8-13(14)16/h3-8H,1-2H3,(H,18,19). The third-order valence-electron chi connectivity index (χ3n) is 2.87. The van der Waals surface area contributed by atoms with Crippen molar-refractivity contribution in [3.05, 3.63) is 58.4 Å². The Morgan fingerprint density at radius 3 is 2.65 bits per heavy atom. The molecule has 0 aromatic heterocycles. The summed E-state index contributed by atoms with van der Waals surface area (Å²) in [6.07, 6.45) is 0. The lowest BCUT2D eigenvalue weighted by molar-refractivity contribution is 0.102. The third-order valence-corrected chi connectivity index (χ3v) is 3.18. The number of hydrogen-bond acceptors (Lipinski definition) is 2. The highest BCUT2D eigenvalue weighted by atomic mass is 35.5. The number of ether oxygens (including phenoxy) is 1. The van der Waals surface area contributed by atoms with Gasteiger partial charge >= 0.3 is 0 Å². The number of hydrogen-bond donors (Lipinski definition) is 1. The second kappa shape index (κ2) is 5.92. The Kier molecular flexibility index (Phi) is 4.25. The van der Waals surface area contributed by atoms with Gasteiger partial charge in [0.05, 0.1) is 17.8 Å². The minimum absolute atomic E-state index is 0.275. The van der Waals surface area contributed by atoms with Crippen LogP contribution in [0.5, 0.6) is 5.75 Å². The van der Waals surface area contributed by atoms with E-state index in [1.54, 1.807) is 31.2 Å². The van der Waals surface area contributed by atoms with Gasteiger partial charge in [-0.2, -0.15) is 0 Å². The smallest absolute Gasteiger partial charge is 0.256 e. The molecule has 1 amide bonds. The van der Waals surface area contributed by atoms with Crippen molar-refractivity contribution in [1.82, 2.24) is 0 Å². The molecule has 2 rings (SSSR count). The van der Waals surface area contributed by atoms with Crippen LogP contribution in [0.15, 0.2) is 36.4 Å². The molecule has 3 nitrogen and oxygen atoms in total. The van der Waals surface area contributed by atoms with Gasteiger partial charge < -0.3 is 10.1 Å². The maximum atomic E-state index is 13.2. The molecule has 0 radical (unpaired) electrons. The number of carbonyl (C=O) groups excluding carboxylic acids is 1. The highest BCUT2D eigenvalue weighted by Crippen LogP contribution is 2.27. The van der Waals surface area contributed by atoms with Gasteiger partial charge in [-0.3, -0.25) is 4.79 Å². The highest BCUT2D eigenvalue weighted by Gasteiger charge is 2.12. The first kappa shape index (κ1) is 14.3. The normalized spacial score (nSPS) is 10.2. The number of nitrogens with one attached hydrogen (secondary N) is 1. The van der Waals surface area contributed by atoms with Crippen LogP contribution in [0.2, 0.25) is 5.02 Å². The number of aryl methyl sites for hydroxylation is 1. The molecule has 2 aromatic carbocycles. The first-order chi connectivity index (χ1) is 9.51. The fourth-order valence-corrected chi connectivity index (χ4v) is 1.97. The largest absolute Gasteiger partial charge is 0.497 e. The fraction of sp³-hybridized carbons (Fsp3) is 0.133. The minimum atomic E-state index is -0.457. The average molecular weight is 294 g/mol. The minimum Gasteiger partial charge on any atom is -0.497 e. The van der Waals surface area contributed by atoms with Gasteiger partial charge in [-0.15, -0.1) is 0 Å². The lowest BCUT2D eigenvalue weighted by Crippen LogP contribution is -2.14. The number of amides is 1. The van der Waals surface area contributed by atoms with Crippen LogP contribution in [0.1, 0.15) is 15.9 Å². The van der Waals surface area contributed by atoms with Gasteiger partial charge in [0.25, 0.3) is 5.91 Å². The summed E-state index contributed by atoms with van der Waals surface area (Å²) in [5.41, 5.74) is 1.41. The third kappa shape index (κ3) is 3.08. The molecule has 0 bridgehead atoms. The summed E-state index contributed by atoms with van der Waals surface area (Å²) in [6.45, 7) is 1.74. The van der Waals surface area contributed by atoms with Gasteiger partial charge in [0.1, 0.15) is 11.6 Å². The van der Waals surface area contributed by atoms with Crippen LogP contribution < -0.4 is 10.1 Å². The molecule has 2 aromatic rings. The molecule has 20 heavy (non-hydrogen) atoms. The number of methoxy groups -OCH3 is 1. The summed E-state index contributed by atoms with van der Waals surface area (Å²) in [5, 5.41) is 3.01. The predicted octanol–water partition coefficient (Wildman–Crippen LogP) is 4.05. The summed E-state index contributed by atoms with van der Waals surface area (Å²) in [5.74, 6) is -0.273. The van der Waals surface area contributed by atoms with E-state index < -0.39 is 11.7 Å². The molecule has 104 valence electrons. The van der Waals surface area contributed by atoms with Crippen LogP contribution in [0.3, 0.4) is 0 Å². The predicted molar refractivity (Wildman–Crippen MR) is 77.1 cm³/mol. The number of benzene rings is 2. The molecule has 5 heteroatoms. The van der Waals surface area contributed by atoms with Crippen molar-refractivity contribution in [3.8, 4) is 5.75 Å². The molecule has 0 spiro atoms. The molecule has 0 fully saturated rings. The van der Waals surface area contributed by atoms with Crippen molar-refractivity contribution >= 4 is 23.2 Å². The topological polar surface area (TPSA) is 38.3 Å². The first-order valence-corrected chi connectivity index (χ1v) is 6.30. The van der Waals surface area contributed by atoms with E-state index in [1.807, 2.05) is 0 Å². The van der Waals surface area contributed by atoms with E-state index in [4.69, 9.17) is 16.3 Å². The SMILES string of the molecule is COc1ccc(NC(=O)c2cc(F)ccc2C)c(Cl)c1. The fourth-order valence-electron chi connectivity index (χ4n) is 1.75. The van der Waals surface area contributed by atoms with Crippen LogP contribution in [-0.2, 0) is 0 Å². The van der Waals surface area contributed by atoms with Gasteiger partial charge in [-0.25, -0.2) is 4.39 Å². The number of halogens is 2. The number of anilines is 1. The second-order valence-electron chi connectivity index (χ2n) is 4.26. The molecule has 0 aliphatic rings. The van der Waals surface area contributed by atoms with Crippen LogP contribution >= 0.6 is 11.6 Å². The van der Waals surface area contributed by atoms with Gasteiger partial charge in [-0.05, 0) is 36.8 Å². The van der Waals surface area contributed by atoms with Crippen LogP contribution in [0.4, 0.5) is 10.1 Å². The van der Waals surface area contributed by atoms with E-state index in [-0.39, 0.29) is 5.56 Å². The van der Waals surface area contributed by atoms with Crippen LogP contribution in [0, 0.1) is 12.7 Å². The van der Waals surface area contributed by atoms with Crippen molar-refractivity contribution in [2.75, 3.05) is 12.4 Å². The Bertz CT molecular complexity index is 658. The Morgan fingerprint density at radius 2 is 2.00 bits per heavy atom. The van der Waals surface area contributed by atoms with Crippen molar-refractivity contribution in [2.45, 2.75) is 6.92 Å². The molecular weight excluding hydrogens is 281 g/mol. The van der Waals surface area contributed by atoms with E-state index in [0.29, 0.717) is 22.0 Å². The zero-order valence-electron chi connectivity index (χ0n) is 11.0. The van der Waals surface area contributed by atoms with Crippen molar-refractivity contribution in [2.24, 2.45) is 0 Å². The lowest BCUT2D eigenvalue weighted by atomic mass is 10.1. The highest BCUT2D eigenvalue weighted by molar-refractivity contribution is 6.34. The second-order valence-corrected chi connectivity index (χ2v) is 4.67. The monoisotopic (exact) mass is 293 g/mol. The van der Waals surface area contributed by atoms with E-state index in [9.17, 15) is 9.18 Å². The molecule has 0 saturated carbocycles. The van der Waals surface area contributed by atoms with Gasteiger partial charge in [0, 0.05) is 11.6 Å². The average Bonchev–Trinajstić information content (AvgIpc) is 2.43. The Morgan fingerprint density at radius 1 is 1.25 bits per heavy atom. The first-order valence-electron chi connectivity index (χ1n) is 5.92. The maximum Gasteiger partial charge on any atom is 0.256 e. The summed E-state index contributed by atoms with van der Waals surface area (Å²) >= 11 is 6.04. The molecule has 0 saturated heterocycles. The summed E-state index contributed by atoms with van der Waals surface area (Å²) in [4.78, 5) is 12.1. The zero-order valence-corrected chi connectivity index (χ0v) is 11.8. The van der Waals surface area contributed by atoms with E-state index in [2.05, 4.69) is 5.32 Å². The maximum absolute atomic E-state index is 13.2. The molecule has 0 atom stereocenters. The Balaban J connectivity index is 2.25. The molecule has 0 heterocycles. The van der Waals surface area contributed by atoms with Crippen molar-refractivity contribution in [1.29, 1.82) is 0 Å². The van der Waals surface area contributed by atoms with Gasteiger partial charge in [0.2, 0.25) is 0 Å². The Hall–Kier alpha value is -2.07. The van der Waals surface area contributed by atoms with Crippen LogP contribution in [-0.4, -0.2) is 13.0 Å². The summed E-state index contributed by atoms with van der Waals surface area (Å²) in [6, 6.07) is 8.97. The summed E-state index contributed by atoms with van der Waals surface area (Å²) in [7, 11) is 1.53. The van der Waals surface area contributed by atoms with Crippen molar-refractivity contribution in [3.63, 3.8) is 0 Å².